The number of nitrogens with zero attached hydrogens (tertiary/aromatic N) is 2. The van der Waals surface area contributed by atoms with Crippen LogP contribution < -0.4 is 0 Å². The zero-order chi connectivity index (χ0) is 36.7. The van der Waals surface area contributed by atoms with Crippen molar-refractivity contribution in [2.24, 2.45) is 4.99 Å². The third-order valence-electron chi connectivity index (χ3n) is 10.7. The van der Waals surface area contributed by atoms with E-state index in [-0.39, 0.29) is 0 Å². The molecule has 0 radical (unpaired) electrons. The molecule has 0 fully saturated rings. The van der Waals surface area contributed by atoms with Crippen molar-refractivity contribution in [3.8, 4) is 16.8 Å². The number of nitrogens with one attached hydrogen (secondary N) is 1. The van der Waals surface area contributed by atoms with Crippen LogP contribution in [0.25, 0.3) is 76.6 Å². The molecule has 55 heavy (non-hydrogen) atoms. The molecule has 0 amide bonds. The minimum Gasteiger partial charge on any atom is -0.309 e. The number of benzene rings is 9. The number of hydrogen-bond acceptors (Lipinski definition) is 2. The van der Waals surface area contributed by atoms with Gasteiger partial charge < -0.3 is 9.98 Å². The molecular weight excluding hydrogens is 667 g/mol. The van der Waals surface area contributed by atoms with Gasteiger partial charge in [-0.3, -0.25) is 4.99 Å². The van der Waals surface area contributed by atoms with Crippen LogP contribution in [0.2, 0.25) is 0 Å². The fourth-order valence-corrected chi connectivity index (χ4v) is 8.09. The molecule has 10 aromatic rings. The number of rotatable bonds is 7. The van der Waals surface area contributed by atoms with Gasteiger partial charge in [-0.2, -0.15) is 0 Å². The van der Waals surface area contributed by atoms with Crippen LogP contribution >= 0.6 is 0 Å². The SMILES string of the molecule is N=C(/C=C(\N=Cc1c2ccccc2cc2c1ccc1ccccc12)c1cccc2c1c1ccccc1n2-c1ccccc1)c1ccc(-c2ccccc2)cc1. The van der Waals surface area contributed by atoms with Crippen LogP contribution in [0, 0.1) is 5.41 Å². The third kappa shape index (κ3) is 5.70. The van der Waals surface area contributed by atoms with E-state index in [0.717, 1.165) is 77.2 Å². The van der Waals surface area contributed by atoms with Crippen LogP contribution in [-0.2, 0) is 0 Å². The first-order valence-electron chi connectivity index (χ1n) is 18.6. The average molecular weight is 702 g/mol. The normalized spacial score (nSPS) is 12.1. The topological polar surface area (TPSA) is 41.1 Å². The van der Waals surface area contributed by atoms with Crippen LogP contribution in [0.5, 0.6) is 0 Å². The molecule has 0 spiro atoms. The number of aromatic nitrogens is 1. The summed E-state index contributed by atoms with van der Waals surface area (Å²) in [6, 6.07) is 68.0. The molecule has 1 N–H and O–H groups in total. The molecule has 0 aliphatic rings. The van der Waals surface area contributed by atoms with Crippen LogP contribution in [0.1, 0.15) is 16.7 Å². The predicted molar refractivity (Wildman–Crippen MR) is 234 cm³/mol. The van der Waals surface area contributed by atoms with Crippen molar-refractivity contribution in [2.75, 3.05) is 0 Å². The number of para-hydroxylation sites is 2. The van der Waals surface area contributed by atoms with Gasteiger partial charge in [-0.1, -0.05) is 164 Å². The summed E-state index contributed by atoms with van der Waals surface area (Å²) < 4.78 is 2.33. The van der Waals surface area contributed by atoms with E-state index in [2.05, 4.69) is 180 Å². The molecule has 9 aromatic carbocycles. The Labute approximate surface area is 319 Å². The predicted octanol–water partition coefficient (Wildman–Crippen LogP) is 13.4. The Morgan fingerprint density at radius 2 is 1.11 bits per heavy atom. The maximum Gasteiger partial charge on any atom is 0.0730 e. The second-order valence-corrected chi connectivity index (χ2v) is 13.9. The number of hydrogen-bond donors (Lipinski definition) is 1. The van der Waals surface area contributed by atoms with Crippen molar-refractivity contribution in [3.63, 3.8) is 0 Å². The molecule has 258 valence electrons. The van der Waals surface area contributed by atoms with Gasteiger partial charge in [0.1, 0.15) is 0 Å². The van der Waals surface area contributed by atoms with Crippen molar-refractivity contribution < 1.29 is 0 Å². The van der Waals surface area contributed by atoms with Crippen LogP contribution in [0.4, 0.5) is 0 Å². The van der Waals surface area contributed by atoms with Gasteiger partial charge in [0.15, 0.2) is 0 Å². The van der Waals surface area contributed by atoms with Crippen molar-refractivity contribution >= 4 is 71.7 Å². The Morgan fingerprint density at radius 3 is 1.91 bits per heavy atom. The second-order valence-electron chi connectivity index (χ2n) is 13.9. The number of aliphatic imine (C=N–C) groups is 1. The van der Waals surface area contributed by atoms with Crippen molar-refractivity contribution in [3.05, 3.63) is 217 Å². The Morgan fingerprint density at radius 1 is 0.473 bits per heavy atom. The first kappa shape index (κ1) is 32.3. The summed E-state index contributed by atoms with van der Waals surface area (Å²) in [5, 5.41) is 18.8. The lowest BCUT2D eigenvalue weighted by Crippen LogP contribution is -1.98. The largest absolute Gasteiger partial charge is 0.309 e. The minimum atomic E-state index is 0.393. The molecular formula is C52H35N3. The Balaban J connectivity index is 1.20. The lowest BCUT2D eigenvalue weighted by Gasteiger charge is -2.12. The molecule has 0 saturated heterocycles. The van der Waals surface area contributed by atoms with E-state index in [1.165, 1.54) is 16.2 Å². The second kappa shape index (κ2) is 13.6. The highest BCUT2D eigenvalue weighted by Crippen LogP contribution is 2.38. The Hall–Kier alpha value is -7.36. The molecule has 0 aliphatic heterocycles. The van der Waals surface area contributed by atoms with E-state index in [9.17, 15) is 5.41 Å². The van der Waals surface area contributed by atoms with Gasteiger partial charge in [0, 0.05) is 33.8 Å². The fraction of sp³-hybridized carbons (Fsp3) is 0. The molecule has 0 bridgehead atoms. The zero-order valence-electron chi connectivity index (χ0n) is 30.0. The van der Waals surface area contributed by atoms with Crippen molar-refractivity contribution in [1.82, 2.24) is 4.57 Å². The molecule has 0 atom stereocenters. The van der Waals surface area contributed by atoms with E-state index in [0.29, 0.717) is 5.71 Å². The summed E-state index contributed by atoms with van der Waals surface area (Å²) in [6.07, 6.45) is 3.95. The molecule has 1 heterocycles. The van der Waals surface area contributed by atoms with Crippen molar-refractivity contribution in [1.29, 1.82) is 5.41 Å². The highest BCUT2D eigenvalue weighted by Gasteiger charge is 2.18. The zero-order valence-corrected chi connectivity index (χ0v) is 30.0. The maximum absolute atomic E-state index is 9.48. The summed E-state index contributed by atoms with van der Waals surface area (Å²) in [4.78, 5) is 5.40. The standard InChI is InChI=1S/C52H35N3/c53-48(38-28-26-36(27-29-38)35-14-3-1-4-15-35)33-49(44-23-13-25-51-52(44)45-22-11-12-24-50(45)55(51)40-18-5-2-6-19-40)54-34-47-42-21-10-8-17-39(42)32-46-41-20-9-7-16-37(41)30-31-43(46)47/h1-34,53H/b49-33-,53-48?,54-34?. The fourth-order valence-electron chi connectivity index (χ4n) is 8.09. The van der Waals surface area contributed by atoms with Gasteiger partial charge in [-0.05, 0) is 85.4 Å². The van der Waals surface area contributed by atoms with Gasteiger partial charge in [0.05, 0.1) is 22.4 Å². The summed E-state index contributed by atoms with van der Waals surface area (Å²) in [6.45, 7) is 0. The van der Waals surface area contributed by atoms with Gasteiger partial charge >= 0.3 is 0 Å². The first-order valence-corrected chi connectivity index (χ1v) is 18.6. The van der Waals surface area contributed by atoms with E-state index in [1.807, 2.05) is 30.5 Å². The monoisotopic (exact) mass is 701 g/mol. The average Bonchev–Trinajstić information content (AvgIpc) is 3.60. The Kier molecular flexibility index (Phi) is 7.96. The van der Waals surface area contributed by atoms with Gasteiger partial charge in [-0.25, -0.2) is 0 Å². The summed E-state index contributed by atoms with van der Waals surface area (Å²) in [5.74, 6) is 0. The summed E-state index contributed by atoms with van der Waals surface area (Å²) in [5.41, 5.74) is 9.55. The van der Waals surface area contributed by atoms with Crippen LogP contribution in [0.15, 0.2) is 205 Å². The van der Waals surface area contributed by atoms with E-state index in [1.54, 1.807) is 0 Å². The Bertz CT molecular complexity index is 3130. The highest BCUT2D eigenvalue weighted by molar-refractivity contribution is 6.22. The van der Waals surface area contributed by atoms with Gasteiger partial charge in [-0.15, -0.1) is 0 Å². The molecule has 3 nitrogen and oxygen atoms in total. The van der Waals surface area contributed by atoms with E-state index >= 15 is 0 Å². The molecule has 3 heteroatoms. The smallest absolute Gasteiger partial charge is 0.0730 e. The molecule has 10 rings (SSSR count). The van der Waals surface area contributed by atoms with Crippen LogP contribution in [0.3, 0.4) is 0 Å². The molecule has 0 unspecified atom stereocenters. The number of fused-ring (bicyclic) bond motifs is 7. The lowest BCUT2D eigenvalue weighted by atomic mass is 9.94. The maximum atomic E-state index is 9.48. The summed E-state index contributed by atoms with van der Waals surface area (Å²) >= 11 is 0. The third-order valence-corrected chi connectivity index (χ3v) is 10.7. The van der Waals surface area contributed by atoms with E-state index in [4.69, 9.17) is 4.99 Å². The quantitative estimate of drug-likeness (QED) is 0.0976. The van der Waals surface area contributed by atoms with Gasteiger partial charge in [0.2, 0.25) is 0 Å². The molecule has 0 saturated carbocycles. The first-order chi connectivity index (χ1) is 27.2. The van der Waals surface area contributed by atoms with Crippen LogP contribution in [-0.4, -0.2) is 16.5 Å². The molecule has 0 aliphatic carbocycles. The molecule has 1 aromatic heterocycles. The van der Waals surface area contributed by atoms with Gasteiger partial charge in [0.25, 0.3) is 0 Å². The van der Waals surface area contributed by atoms with E-state index < -0.39 is 0 Å². The summed E-state index contributed by atoms with van der Waals surface area (Å²) in [7, 11) is 0. The number of allylic oxidation sites excluding steroid dienone is 1. The van der Waals surface area contributed by atoms with Crippen molar-refractivity contribution in [2.45, 2.75) is 0 Å². The minimum absolute atomic E-state index is 0.393. The lowest BCUT2D eigenvalue weighted by molar-refractivity contribution is 1.18. The highest BCUT2D eigenvalue weighted by atomic mass is 15.0.